The minimum atomic E-state index is 0.158. The topological polar surface area (TPSA) is 20.3 Å². The Hall–Kier alpha value is -0.500. The number of carbonyl (C=O) groups excluding carboxylic acids is 1. The molecule has 10 heavy (non-hydrogen) atoms. The molecule has 0 spiro atoms. The SMILES string of the molecule is C=CN1C(=O)C[C@H]1CCCl. The molecule has 0 saturated carbocycles. The predicted octanol–water partition coefficient (Wildman–Crippen LogP) is 1.36. The fraction of sp³-hybridized carbons (Fsp3) is 0.571. The minimum absolute atomic E-state index is 0.158. The molecule has 1 heterocycles. The number of nitrogens with zero attached hydrogens (tertiary/aromatic N) is 1. The summed E-state index contributed by atoms with van der Waals surface area (Å²) < 4.78 is 0. The van der Waals surface area contributed by atoms with Crippen LogP contribution in [0.5, 0.6) is 0 Å². The molecule has 0 aromatic heterocycles. The van der Waals surface area contributed by atoms with Gasteiger partial charge >= 0.3 is 0 Å². The number of halogens is 1. The van der Waals surface area contributed by atoms with Crippen LogP contribution in [0.3, 0.4) is 0 Å². The maximum atomic E-state index is 10.8. The first-order chi connectivity index (χ1) is 4.79. The van der Waals surface area contributed by atoms with Gasteiger partial charge in [0.25, 0.3) is 0 Å². The summed E-state index contributed by atoms with van der Waals surface area (Å²) in [5, 5.41) is 0. The van der Waals surface area contributed by atoms with E-state index in [4.69, 9.17) is 11.6 Å². The molecule has 1 aliphatic rings. The molecule has 0 aromatic rings. The summed E-state index contributed by atoms with van der Waals surface area (Å²) in [6, 6.07) is 0.322. The van der Waals surface area contributed by atoms with Crippen LogP contribution in [0.1, 0.15) is 12.8 Å². The van der Waals surface area contributed by atoms with Gasteiger partial charge < -0.3 is 4.90 Å². The molecule has 0 N–H and O–H groups in total. The zero-order valence-corrected chi connectivity index (χ0v) is 6.47. The molecule has 3 heteroatoms. The molecular weight excluding hydrogens is 150 g/mol. The molecule has 1 rings (SSSR count). The van der Waals surface area contributed by atoms with Crippen LogP contribution in [0.15, 0.2) is 12.8 Å². The number of β-lactam (4-membered cyclic amide) rings is 1. The average Bonchev–Trinajstić information content (AvgIpc) is 1.88. The van der Waals surface area contributed by atoms with Crippen molar-refractivity contribution in [3.63, 3.8) is 0 Å². The first-order valence-corrected chi connectivity index (χ1v) is 3.82. The van der Waals surface area contributed by atoms with Gasteiger partial charge in [-0.25, -0.2) is 0 Å². The third-order valence-corrected chi connectivity index (χ3v) is 1.95. The lowest BCUT2D eigenvalue weighted by atomic mass is 10.0. The van der Waals surface area contributed by atoms with Crippen LogP contribution in [-0.4, -0.2) is 22.7 Å². The summed E-state index contributed by atoms with van der Waals surface area (Å²) in [7, 11) is 0. The van der Waals surface area contributed by atoms with Gasteiger partial charge in [-0.2, -0.15) is 0 Å². The number of alkyl halides is 1. The second-order valence-corrected chi connectivity index (χ2v) is 2.70. The smallest absolute Gasteiger partial charge is 0.228 e. The number of likely N-dealkylation sites (tertiary alicyclic amines) is 1. The summed E-state index contributed by atoms with van der Waals surface area (Å²) in [6.07, 6.45) is 3.08. The van der Waals surface area contributed by atoms with E-state index in [0.29, 0.717) is 18.3 Å². The van der Waals surface area contributed by atoms with Crippen LogP contribution in [0.4, 0.5) is 0 Å². The van der Waals surface area contributed by atoms with Gasteiger partial charge in [0.1, 0.15) is 0 Å². The lowest BCUT2D eigenvalue weighted by Gasteiger charge is -2.37. The maximum Gasteiger partial charge on any atom is 0.228 e. The summed E-state index contributed by atoms with van der Waals surface area (Å²) in [5.41, 5.74) is 0. The van der Waals surface area contributed by atoms with Gasteiger partial charge in [-0.15, -0.1) is 11.6 Å². The first-order valence-electron chi connectivity index (χ1n) is 3.29. The van der Waals surface area contributed by atoms with E-state index in [1.807, 2.05) is 0 Å². The number of hydrogen-bond donors (Lipinski definition) is 0. The Labute approximate surface area is 65.5 Å². The van der Waals surface area contributed by atoms with E-state index in [2.05, 4.69) is 6.58 Å². The van der Waals surface area contributed by atoms with E-state index in [0.717, 1.165) is 6.42 Å². The second-order valence-electron chi connectivity index (χ2n) is 2.32. The molecule has 0 unspecified atom stereocenters. The Morgan fingerprint density at radius 2 is 2.60 bits per heavy atom. The van der Waals surface area contributed by atoms with E-state index < -0.39 is 0 Å². The van der Waals surface area contributed by atoms with E-state index in [1.54, 1.807) is 11.1 Å². The van der Waals surface area contributed by atoms with Crippen molar-refractivity contribution in [3.05, 3.63) is 12.8 Å². The van der Waals surface area contributed by atoms with Crippen LogP contribution in [0.2, 0.25) is 0 Å². The van der Waals surface area contributed by atoms with Gasteiger partial charge in [-0.05, 0) is 12.6 Å². The molecule has 56 valence electrons. The molecule has 0 radical (unpaired) electrons. The van der Waals surface area contributed by atoms with Crippen LogP contribution in [0, 0.1) is 0 Å². The Balaban J connectivity index is 2.37. The van der Waals surface area contributed by atoms with E-state index >= 15 is 0 Å². The minimum Gasteiger partial charge on any atom is -0.316 e. The monoisotopic (exact) mass is 159 g/mol. The van der Waals surface area contributed by atoms with Crippen molar-refractivity contribution in [1.82, 2.24) is 4.90 Å². The number of amides is 1. The normalized spacial score (nSPS) is 24.3. The first kappa shape index (κ1) is 7.61. The van der Waals surface area contributed by atoms with E-state index in [1.165, 1.54) is 0 Å². The quantitative estimate of drug-likeness (QED) is 0.450. The summed E-state index contributed by atoms with van der Waals surface area (Å²) in [4.78, 5) is 12.4. The average molecular weight is 160 g/mol. The van der Waals surface area contributed by atoms with Crippen molar-refractivity contribution in [2.45, 2.75) is 18.9 Å². The van der Waals surface area contributed by atoms with Crippen LogP contribution in [-0.2, 0) is 4.79 Å². The fourth-order valence-electron chi connectivity index (χ4n) is 1.11. The molecule has 0 bridgehead atoms. The Kier molecular flexibility index (Phi) is 2.33. The van der Waals surface area contributed by atoms with Crippen molar-refractivity contribution in [2.75, 3.05) is 5.88 Å². The van der Waals surface area contributed by atoms with Gasteiger partial charge in [0.05, 0.1) is 0 Å². The molecule has 1 amide bonds. The van der Waals surface area contributed by atoms with Crippen LogP contribution < -0.4 is 0 Å². The highest BCUT2D eigenvalue weighted by atomic mass is 35.5. The van der Waals surface area contributed by atoms with Gasteiger partial charge in [-0.1, -0.05) is 6.58 Å². The van der Waals surface area contributed by atoms with Gasteiger partial charge in [-0.3, -0.25) is 4.79 Å². The van der Waals surface area contributed by atoms with Gasteiger partial charge in [0.2, 0.25) is 5.91 Å². The number of rotatable bonds is 3. The Morgan fingerprint density at radius 1 is 1.90 bits per heavy atom. The van der Waals surface area contributed by atoms with Crippen molar-refractivity contribution >= 4 is 17.5 Å². The third kappa shape index (κ3) is 1.16. The summed E-state index contributed by atoms with van der Waals surface area (Å²) in [6.45, 7) is 3.53. The number of hydrogen-bond acceptors (Lipinski definition) is 1. The highest BCUT2D eigenvalue weighted by molar-refractivity contribution is 6.17. The van der Waals surface area contributed by atoms with Crippen molar-refractivity contribution in [1.29, 1.82) is 0 Å². The third-order valence-electron chi connectivity index (χ3n) is 1.73. The molecular formula is C7H10ClNO. The maximum absolute atomic E-state index is 10.8. The molecule has 0 aromatic carbocycles. The predicted molar refractivity (Wildman–Crippen MR) is 40.8 cm³/mol. The van der Waals surface area contributed by atoms with E-state index in [9.17, 15) is 4.79 Å². The Morgan fingerprint density at radius 3 is 3.00 bits per heavy atom. The highest BCUT2D eigenvalue weighted by Gasteiger charge is 2.32. The highest BCUT2D eigenvalue weighted by Crippen LogP contribution is 2.22. The van der Waals surface area contributed by atoms with Gasteiger partial charge in [0.15, 0.2) is 0 Å². The summed E-state index contributed by atoms with van der Waals surface area (Å²) >= 11 is 5.51. The standard InChI is InChI=1S/C7H10ClNO/c1-2-9-6(3-4-8)5-7(9)10/h2,6H,1,3-5H2/t6-/m1/s1. The lowest BCUT2D eigenvalue weighted by Crippen LogP contribution is -2.48. The molecule has 1 atom stereocenters. The Bertz CT molecular complexity index is 158. The lowest BCUT2D eigenvalue weighted by molar-refractivity contribution is -0.141. The van der Waals surface area contributed by atoms with E-state index in [-0.39, 0.29) is 5.91 Å². The summed E-state index contributed by atoms with van der Waals surface area (Å²) in [5.74, 6) is 0.771. The fourth-order valence-corrected chi connectivity index (χ4v) is 1.37. The zero-order valence-electron chi connectivity index (χ0n) is 5.72. The van der Waals surface area contributed by atoms with Crippen molar-refractivity contribution < 1.29 is 4.79 Å². The van der Waals surface area contributed by atoms with Crippen molar-refractivity contribution in [2.24, 2.45) is 0 Å². The number of carbonyl (C=O) groups is 1. The largest absolute Gasteiger partial charge is 0.316 e. The van der Waals surface area contributed by atoms with Crippen molar-refractivity contribution in [3.8, 4) is 0 Å². The van der Waals surface area contributed by atoms with Crippen LogP contribution >= 0.6 is 11.6 Å². The molecule has 1 saturated heterocycles. The second kappa shape index (κ2) is 3.06. The zero-order chi connectivity index (χ0) is 7.56. The van der Waals surface area contributed by atoms with Gasteiger partial charge in [0, 0.05) is 18.3 Å². The molecule has 1 aliphatic heterocycles. The molecule has 0 aliphatic carbocycles. The van der Waals surface area contributed by atoms with Crippen LogP contribution in [0.25, 0.3) is 0 Å². The molecule has 1 fully saturated rings. The molecule has 2 nitrogen and oxygen atoms in total.